The van der Waals surface area contributed by atoms with Crippen LogP contribution in [-0.4, -0.2) is 93.8 Å². The third kappa shape index (κ3) is 3.98. The number of hydrogen-bond donors (Lipinski definition) is 0. The molecule has 0 N–H and O–H groups in total. The molecule has 1 aliphatic carbocycles. The fraction of sp³-hybridized carbons (Fsp3) is 0.857. The monoisotopic (exact) mass is 386 g/mol. The van der Waals surface area contributed by atoms with Crippen molar-refractivity contribution in [3.05, 3.63) is 0 Å². The maximum absolute atomic E-state index is 12.4. The first-order valence-electron chi connectivity index (χ1n) is 8.65. The molecule has 1 aromatic rings. The van der Waals surface area contributed by atoms with Crippen LogP contribution < -0.4 is 0 Å². The van der Waals surface area contributed by atoms with Gasteiger partial charge in [-0.05, 0) is 29.7 Å². The van der Waals surface area contributed by atoms with E-state index >= 15 is 0 Å². The third-order valence-corrected chi connectivity index (χ3v) is 7.74. The molecule has 2 aliphatic heterocycles. The predicted octanol–water partition coefficient (Wildman–Crippen LogP) is -0.569. The summed E-state index contributed by atoms with van der Waals surface area (Å²) < 4.78 is 25.1. The standard InChI is InChI=1S/C14H22N6O3S2/c21-13(9-24-14-15-16-17-20(14)11-1-2-11)19-6-4-18(5-7-19)12-3-8-25(22,23)10-12/h11-12H,1-10H2. The highest BCUT2D eigenvalue weighted by Crippen LogP contribution is 2.36. The van der Waals surface area contributed by atoms with Gasteiger partial charge < -0.3 is 4.90 Å². The molecule has 11 heteroatoms. The van der Waals surface area contributed by atoms with Gasteiger partial charge in [-0.3, -0.25) is 9.69 Å². The second kappa shape index (κ2) is 6.84. The Bertz CT molecular complexity index is 740. The molecule has 1 unspecified atom stereocenters. The molecular weight excluding hydrogens is 364 g/mol. The summed E-state index contributed by atoms with van der Waals surface area (Å²) in [7, 11) is -2.86. The van der Waals surface area contributed by atoms with Crippen molar-refractivity contribution in [2.24, 2.45) is 0 Å². The minimum absolute atomic E-state index is 0.0917. The molecule has 25 heavy (non-hydrogen) atoms. The third-order valence-electron chi connectivity index (χ3n) is 5.07. The quantitative estimate of drug-likeness (QED) is 0.620. The molecule has 1 atom stereocenters. The summed E-state index contributed by atoms with van der Waals surface area (Å²) in [5.74, 6) is 0.989. The second-order valence-electron chi connectivity index (χ2n) is 6.90. The Morgan fingerprint density at radius 2 is 1.88 bits per heavy atom. The summed E-state index contributed by atoms with van der Waals surface area (Å²) >= 11 is 1.39. The highest BCUT2D eigenvalue weighted by molar-refractivity contribution is 7.99. The molecule has 138 valence electrons. The van der Waals surface area contributed by atoms with Gasteiger partial charge >= 0.3 is 0 Å². The molecule has 9 nitrogen and oxygen atoms in total. The molecular formula is C14H22N6O3S2. The van der Waals surface area contributed by atoms with Crippen LogP contribution in [0.5, 0.6) is 0 Å². The average molecular weight is 387 g/mol. The van der Waals surface area contributed by atoms with Gasteiger partial charge in [0.2, 0.25) is 11.1 Å². The van der Waals surface area contributed by atoms with E-state index in [1.807, 2.05) is 9.58 Å². The van der Waals surface area contributed by atoms with Crippen LogP contribution in [0.3, 0.4) is 0 Å². The Kier molecular flexibility index (Phi) is 4.71. The Balaban J connectivity index is 1.25. The van der Waals surface area contributed by atoms with Crippen LogP contribution in [-0.2, 0) is 14.6 Å². The van der Waals surface area contributed by atoms with Crippen LogP contribution in [0.15, 0.2) is 5.16 Å². The molecule has 0 aromatic carbocycles. The minimum atomic E-state index is -2.86. The normalized spacial score (nSPS) is 26.9. The summed E-state index contributed by atoms with van der Waals surface area (Å²) in [6, 6.07) is 0.527. The van der Waals surface area contributed by atoms with Crippen molar-refractivity contribution < 1.29 is 13.2 Å². The van der Waals surface area contributed by atoms with E-state index < -0.39 is 9.84 Å². The summed E-state index contributed by atoms with van der Waals surface area (Å²) in [4.78, 5) is 16.5. The summed E-state index contributed by atoms with van der Waals surface area (Å²) in [6.07, 6.45) is 2.92. The number of hydrogen-bond acceptors (Lipinski definition) is 8. The topological polar surface area (TPSA) is 101 Å². The van der Waals surface area contributed by atoms with Crippen LogP contribution in [0.2, 0.25) is 0 Å². The largest absolute Gasteiger partial charge is 0.339 e. The molecule has 1 amide bonds. The lowest BCUT2D eigenvalue weighted by atomic mass is 10.2. The van der Waals surface area contributed by atoms with Gasteiger partial charge in [0.05, 0.1) is 23.3 Å². The van der Waals surface area contributed by atoms with Crippen molar-refractivity contribution in [3.63, 3.8) is 0 Å². The maximum atomic E-state index is 12.4. The summed E-state index contributed by atoms with van der Waals surface area (Å²) in [5, 5.41) is 12.4. The first kappa shape index (κ1) is 17.2. The Hall–Kier alpha value is -1.20. The lowest BCUT2D eigenvalue weighted by molar-refractivity contribution is -0.130. The number of rotatable bonds is 5. The molecule has 1 aromatic heterocycles. The highest BCUT2D eigenvalue weighted by atomic mass is 32.2. The Labute approximate surface area is 151 Å². The van der Waals surface area contributed by atoms with Gasteiger partial charge in [-0.1, -0.05) is 11.8 Å². The van der Waals surface area contributed by atoms with Crippen LogP contribution >= 0.6 is 11.8 Å². The van der Waals surface area contributed by atoms with Crippen molar-refractivity contribution in [3.8, 4) is 0 Å². The van der Waals surface area contributed by atoms with Crippen LogP contribution in [0.1, 0.15) is 25.3 Å². The zero-order chi connectivity index (χ0) is 17.4. The van der Waals surface area contributed by atoms with Gasteiger partial charge in [0.1, 0.15) is 0 Å². The van der Waals surface area contributed by atoms with Gasteiger partial charge in [0, 0.05) is 32.2 Å². The van der Waals surface area contributed by atoms with Gasteiger partial charge in [-0.25, -0.2) is 13.1 Å². The number of thioether (sulfide) groups is 1. The molecule has 3 fully saturated rings. The first-order chi connectivity index (χ1) is 12.0. The van der Waals surface area contributed by atoms with E-state index in [0.717, 1.165) is 32.4 Å². The van der Waals surface area contributed by atoms with Gasteiger partial charge in [-0.2, -0.15) is 0 Å². The van der Waals surface area contributed by atoms with E-state index in [2.05, 4.69) is 20.4 Å². The maximum Gasteiger partial charge on any atom is 0.233 e. The Morgan fingerprint density at radius 1 is 1.12 bits per heavy atom. The fourth-order valence-corrected chi connectivity index (χ4v) is 6.06. The fourth-order valence-electron chi connectivity index (χ4n) is 3.45. The second-order valence-corrected chi connectivity index (χ2v) is 10.1. The number of amides is 1. The Morgan fingerprint density at radius 3 is 2.52 bits per heavy atom. The zero-order valence-electron chi connectivity index (χ0n) is 14.0. The first-order valence-corrected chi connectivity index (χ1v) is 11.5. The van der Waals surface area contributed by atoms with E-state index in [4.69, 9.17) is 0 Å². The molecule has 2 saturated heterocycles. The highest BCUT2D eigenvalue weighted by Gasteiger charge is 2.34. The van der Waals surface area contributed by atoms with Crippen molar-refractivity contribution >= 4 is 27.5 Å². The number of nitrogens with zero attached hydrogens (tertiary/aromatic N) is 6. The van der Waals surface area contributed by atoms with E-state index in [1.165, 1.54) is 11.8 Å². The zero-order valence-corrected chi connectivity index (χ0v) is 15.6. The molecule has 1 saturated carbocycles. The molecule has 0 bridgehead atoms. The predicted molar refractivity (Wildman–Crippen MR) is 92.0 cm³/mol. The average Bonchev–Trinajstić information content (AvgIpc) is 3.23. The molecule has 3 heterocycles. The van der Waals surface area contributed by atoms with E-state index in [1.54, 1.807) is 0 Å². The van der Waals surface area contributed by atoms with E-state index in [-0.39, 0.29) is 17.7 Å². The van der Waals surface area contributed by atoms with E-state index in [0.29, 0.717) is 35.8 Å². The van der Waals surface area contributed by atoms with Crippen LogP contribution in [0.4, 0.5) is 0 Å². The molecule has 0 radical (unpaired) electrons. The smallest absolute Gasteiger partial charge is 0.233 e. The van der Waals surface area contributed by atoms with Crippen molar-refractivity contribution in [2.45, 2.75) is 36.5 Å². The number of carbonyl (C=O) groups excluding carboxylic acids is 1. The summed E-state index contributed by atoms with van der Waals surface area (Å²) in [6.45, 7) is 2.81. The number of tetrazole rings is 1. The lowest BCUT2D eigenvalue weighted by Crippen LogP contribution is -2.52. The molecule has 4 rings (SSSR count). The van der Waals surface area contributed by atoms with Crippen molar-refractivity contribution in [1.82, 2.24) is 30.0 Å². The SMILES string of the molecule is O=C(CSc1nnnn1C1CC1)N1CCN(C2CCS(=O)(=O)C2)CC1. The van der Waals surface area contributed by atoms with E-state index in [9.17, 15) is 13.2 Å². The molecule has 3 aliphatic rings. The van der Waals surface area contributed by atoms with Gasteiger partial charge in [0.25, 0.3) is 0 Å². The molecule has 0 spiro atoms. The number of piperazine rings is 1. The minimum Gasteiger partial charge on any atom is -0.339 e. The van der Waals surface area contributed by atoms with Crippen LogP contribution in [0.25, 0.3) is 0 Å². The van der Waals surface area contributed by atoms with Crippen molar-refractivity contribution in [2.75, 3.05) is 43.4 Å². The number of sulfone groups is 1. The lowest BCUT2D eigenvalue weighted by Gasteiger charge is -2.37. The number of aromatic nitrogens is 4. The summed E-state index contributed by atoms with van der Waals surface area (Å²) in [5.41, 5.74) is 0. The van der Waals surface area contributed by atoms with Gasteiger partial charge in [-0.15, -0.1) is 5.10 Å². The van der Waals surface area contributed by atoms with Gasteiger partial charge in [0.15, 0.2) is 9.84 Å². The number of carbonyl (C=O) groups is 1. The van der Waals surface area contributed by atoms with Crippen molar-refractivity contribution in [1.29, 1.82) is 0 Å². The van der Waals surface area contributed by atoms with Crippen LogP contribution in [0, 0.1) is 0 Å².